The maximum atomic E-state index is 6.00. The van der Waals surface area contributed by atoms with E-state index < -0.39 is 0 Å². The number of fused-ring (bicyclic) bond motifs is 1. The van der Waals surface area contributed by atoms with E-state index in [0.717, 1.165) is 21.0 Å². The smallest absolute Gasteiger partial charge is 0.0441 e. The van der Waals surface area contributed by atoms with Crippen LogP contribution in [0.5, 0.6) is 0 Å². The van der Waals surface area contributed by atoms with E-state index in [9.17, 15) is 0 Å². The second kappa shape index (κ2) is 3.21. The van der Waals surface area contributed by atoms with E-state index in [4.69, 9.17) is 23.2 Å². The first kappa shape index (κ1) is 8.86. The van der Waals surface area contributed by atoms with Crippen LogP contribution in [0.1, 0.15) is 5.56 Å². The van der Waals surface area contributed by atoms with E-state index in [-0.39, 0.29) is 0 Å². The van der Waals surface area contributed by atoms with Crippen molar-refractivity contribution in [3.8, 4) is 0 Å². The van der Waals surface area contributed by atoms with Crippen LogP contribution < -0.4 is 0 Å². The van der Waals surface area contributed by atoms with Gasteiger partial charge in [-0.1, -0.05) is 35.3 Å². The third-order valence-electron chi connectivity index (χ3n) is 2.19. The molecular formula is C11H8Cl2. The number of hydrogen-bond acceptors (Lipinski definition) is 0. The molecular weight excluding hydrogens is 203 g/mol. The molecule has 0 saturated heterocycles. The molecule has 0 amide bonds. The van der Waals surface area contributed by atoms with Gasteiger partial charge in [0.2, 0.25) is 0 Å². The van der Waals surface area contributed by atoms with Crippen molar-refractivity contribution >= 4 is 34.0 Å². The monoisotopic (exact) mass is 210 g/mol. The Hall–Kier alpha value is -0.720. The van der Waals surface area contributed by atoms with Gasteiger partial charge in [0.15, 0.2) is 0 Å². The highest BCUT2D eigenvalue weighted by Crippen LogP contribution is 2.27. The van der Waals surface area contributed by atoms with Crippen molar-refractivity contribution in [2.75, 3.05) is 0 Å². The molecule has 13 heavy (non-hydrogen) atoms. The average Bonchev–Trinajstić information content (AvgIpc) is 2.12. The van der Waals surface area contributed by atoms with Gasteiger partial charge >= 0.3 is 0 Å². The van der Waals surface area contributed by atoms with Crippen molar-refractivity contribution in [2.24, 2.45) is 0 Å². The van der Waals surface area contributed by atoms with Crippen LogP contribution >= 0.6 is 23.2 Å². The maximum Gasteiger partial charge on any atom is 0.0441 e. The van der Waals surface area contributed by atoms with Gasteiger partial charge in [0.25, 0.3) is 0 Å². The lowest BCUT2D eigenvalue weighted by Gasteiger charge is -2.04. The molecule has 2 heteroatoms. The van der Waals surface area contributed by atoms with Crippen LogP contribution in [0, 0.1) is 6.92 Å². The van der Waals surface area contributed by atoms with Crippen LogP contribution in [0.25, 0.3) is 10.8 Å². The van der Waals surface area contributed by atoms with Gasteiger partial charge in [0, 0.05) is 10.0 Å². The SMILES string of the molecule is Cc1c(Cl)ccc2ccc(Cl)cc12. The summed E-state index contributed by atoms with van der Waals surface area (Å²) in [5.74, 6) is 0. The summed E-state index contributed by atoms with van der Waals surface area (Å²) in [5, 5.41) is 3.83. The highest BCUT2D eigenvalue weighted by atomic mass is 35.5. The summed E-state index contributed by atoms with van der Waals surface area (Å²) in [7, 11) is 0. The van der Waals surface area contributed by atoms with Gasteiger partial charge in [0.05, 0.1) is 0 Å². The van der Waals surface area contributed by atoms with Gasteiger partial charge in [-0.15, -0.1) is 0 Å². The zero-order valence-corrected chi connectivity index (χ0v) is 8.65. The molecule has 66 valence electrons. The van der Waals surface area contributed by atoms with E-state index in [0.29, 0.717) is 0 Å². The Balaban J connectivity index is 2.89. The minimum absolute atomic E-state index is 0.748. The quantitative estimate of drug-likeness (QED) is 0.603. The van der Waals surface area contributed by atoms with Crippen LogP contribution in [-0.2, 0) is 0 Å². The Morgan fingerprint density at radius 3 is 2.46 bits per heavy atom. The highest BCUT2D eigenvalue weighted by Gasteiger charge is 2.01. The molecule has 0 atom stereocenters. The van der Waals surface area contributed by atoms with Gasteiger partial charge in [-0.25, -0.2) is 0 Å². The van der Waals surface area contributed by atoms with Gasteiger partial charge in [-0.05, 0) is 41.5 Å². The molecule has 2 aromatic carbocycles. The Morgan fingerprint density at radius 1 is 1.00 bits per heavy atom. The predicted molar refractivity (Wildman–Crippen MR) is 58.7 cm³/mol. The minimum atomic E-state index is 0.748. The number of halogens is 2. The Morgan fingerprint density at radius 2 is 1.69 bits per heavy atom. The second-order valence-corrected chi connectivity index (χ2v) is 3.88. The third kappa shape index (κ3) is 1.52. The van der Waals surface area contributed by atoms with E-state index in [1.165, 1.54) is 5.39 Å². The van der Waals surface area contributed by atoms with Crippen molar-refractivity contribution in [1.29, 1.82) is 0 Å². The largest absolute Gasteiger partial charge is 0.0843 e. The number of aryl methyl sites for hydroxylation is 1. The van der Waals surface area contributed by atoms with Crippen LogP contribution in [0.15, 0.2) is 30.3 Å². The molecule has 0 aliphatic carbocycles. The van der Waals surface area contributed by atoms with E-state index in [1.54, 1.807) is 0 Å². The molecule has 0 unspecified atom stereocenters. The van der Waals surface area contributed by atoms with Gasteiger partial charge < -0.3 is 0 Å². The summed E-state index contributed by atoms with van der Waals surface area (Å²) in [4.78, 5) is 0. The summed E-state index contributed by atoms with van der Waals surface area (Å²) in [6, 6.07) is 9.74. The van der Waals surface area contributed by atoms with Crippen molar-refractivity contribution in [3.05, 3.63) is 45.9 Å². The van der Waals surface area contributed by atoms with Gasteiger partial charge in [0.1, 0.15) is 0 Å². The lowest BCUT2D eigenvalue weighted by atomic mass is 10.1. The standard InChI is InChI=1S/C11H8Cl2/c1-7-10-6-9(12)4-2-8(10)3-5-11(7)13/h2-6H,1H3. The minimum Gasteiger partial charge on any atom is -0.0843 e. The second-order valence-electron chi connectivity index (χ2n) is 3.04. The summed E-state index contributed by atoms with van der Waals surface area (Å²) in [5.41, 5.74) is 1.08. The zero-order chi connectivity index (χ0) is 9.42. The molecule has 2 aromatic rings. The van der Waals surface area contributed by atoms with Crippen LogP contribution in [-0.4, -0.2) is 0 Å². The van der Waals surface area contributed by atoms with Crippen molar-refractivity contribution < 1.29 is 0 Å². The molecule has 0 radical (unpaired) electrons. The first-order valence-corrected chi connectivity index (χ1v) is 4.78. The van der Waals surface area contributed by atoms with Crippen molar-refractivity contribution in [2.45, 2.75) is 6.92 Å². The summed E-state index contributed by atoms with van der Waals surface area (Å²) in [6.45, 7) is 2.00. The molecule has 0 N–H and O–H groups in total. The average molecular weight is 211 g/mol. The van der Waals surface area contributed by atoms with E-state index >= 15 is 0 Å². The molecule has 0 spiro atoms. The lowest BCUT2D eigenvalue weighted by Crippen LogP contribution is -1.79. The highest BCUT2D eigenvalue weighted by molar-refractivity contribution is 6.33. The van der Waals surface area contributed by atoms with Gasteiger partial charge in [-0.2, -0.15) is 0 Å². The van der Waals surface area contributed by atoms with Crippen LogP contribution in [0.3, 0.4) is 0 Å². The summed E-state index contributed by atoms with van der Waals surface area (Å²) >= 11 is 11.9. The molecule has 2 rings (SSSR count). The number of benzene rings is 2. The van der Waals surface area contributed by atoms with E-state index in [2.05, 4.69) is 0 Å². The third-order valence-corrected chi connectivity index (χ3v) is 2.83. The molecule has 0 saturated carbocycles. The topological polar surface area (TPSA) is 0 Å². The van der Waals surface area contributed by atoms with Crippen molar-refractivity contribution in [1.82, 2.24) is 0 Å². The summed E-state index contributed by atoms with van der Waals surface area (Å²) in [6.07, 6.45) is 0. The molecule has 0 bridgehead atoms. The van der Waals surface area contributed by atoms with Crippen LogP contribution in [0.4, 0.5) is 0 Å². The first-order valence-electron chi connectivity index (χ1n) is 4.03. The fourth-order valence-electron chi connectivity index (χ4n) is 1.42. The summed E-state index contributed by atoms with van der Waals surface area (Å²) < 4.78 is 0. The van der Waals surface area contributed by atoms with Crippen molar-refractivity contribution in [3.63, 3.8) is 0 Å². The molecule has 0 nitrogen and oxygen atoms in total. The molecule has 0 fully saturated rings. The molecule has 0 heterocycles. The Labute approximate surface area is 87.1 Å². The number of hydrogen-bond donors (Lipinski definition) is 0. The molecule has 0 aromatic heterocycles. The lowest BCUT2D eigenvalue weighted by molar-refractivity contribution is 1.53. The first-order chi connectivity index (χ1) is 6.18. The Bertz CT molecular complexity index is 456. The normalized spacial score (nSPS) is 10.7. The zero-order valence-electron chi connectivity index (χ0n) is 7.14. The van der Waals surface area contributed by atoms with Crippen LogP contribution in [0.2, 0.25) is 10.0 Å². The molecule has 0 aliphatic heterocycles. The molecule has 0 aliphatic rings. The van der Waals surface area contributed by atoms with Gasteiger partial charge in [-0.3, -0.25) is 0 Å². The maximum absolute atomic E-state index is 6.00. The fourth-order valence-corrected chi connectivity index (χ4v) is 1.75. The number of rotatable bonds is 0. The fraction of sp³-hybridized carbons (Fsp3) is 0.0909. The predicted octanol–water partition coefficient (Wildman–Crippen LogP) is 4.46. The Kier molecular flexibility index (Phi) is 2.19. The van der Waals surface area contributed by atoms with E-state index in [1.807, 2.05) is 37.3 Å².